The molecule has 7 nitrogen and oxygen atoms in total. The van der Waals surface area contributed by atoms with E-state index in [0.717, 1.165) is 42.5 Å². The molecule has 1 atom stereocenters. The van der Waals surface area contributed by atoms with Crippen molar-refractivity contribution >= 4 is 29.1 Å². The van der Waals surface area contributed by atoms with Crippen molar-refractivity contribution in [3.8, 4) is 0 Å². The number of pyridine rings is 1. The highest BCUT2D eigenvalue weighted by Gasteiger charge is 2.28. The third kappa shape index (κ3) is 3.39. The smallest absolute Gasteiger partial charge is 0.231 e. The van der Waals surface area contributed by atoms with Gasteiger partial charge >= 0.3 is 0 Å². The van der Waals surface area contributed by atoms with Gasteiger partial charge in [0.05, 0.1) is 17.5 Å². The maximum atomic E-state index is 12.6. The van der Waals surface area contributed by atoms with Crippen molar-refractivity contribution < 1.29 is 9.21 Å². The van der Waals surface area contributed by atoms with Gasteiger partial charge in [-0.05, 0) is 44.0 Å². The molecule has 0 bridgehead atoms. The van der Waals surface area contributed by atoms with E-state index in [0.29, 0.717) is 18.1 Å². The molecule has 0 saturated carbocycles. The molecule has 8 heteroatoms. The molecule has 1 N–H and O–H groups in total. The lowest BCUT2D eigenvalue weighted by Crippen LogP contribution is -2.43. The van der Waals surface area contributed by atoms with Crippen LogP contribution in [0.4, 0.5) is 5.95 Å². The molecule has 1 saturated heterocycles. The van der Waals surface area contributed by atoms with Crippen molar-refractivity contribution in [1.82, 2.24) is 19.9 Å². The number of fused-ring (bicyclic) bond motifs is 1. The summed E-state index contributed by atoms with van der Waals surface area (Å²) in [5.74, 6) is 2.28. The predicted octanol–water partition coefficient (Wildman–Crippen LogP) is 2.82. The second-order valence-electron chi connectivity index (χ2n) is 6.59. The fourth-order valence-corrected chi connectivity index (χ4v) is 3.50. The first kappa shape index (κ1) is 16.9. The van der Waals surface area contributed by atoms with Crippen LogP contribution in [0.2, 0.25) is 5.02 Å². The number of furan rings is 1. The van der Waals surface area contributed by atoms with E-state index in [-0.39, 0.29) is 11.8 Å². The van der Waals surface area contributed by atoms with Gasteiger partial charge in [-0.25, -0.2) is 0 Å². The van der Waals surface area contributed by atoms with Gasteiger partial charge in [-0.1, -0.05) is 11.6 Å². The van der Waals surface area contributed by atoms with Gasteiger partial charge < -0.3 is 14.6 Å². The van der Waals surface area contributed by atoms with Gasteiger partial charge in [-0.3, -0.25) is 9.20 Å². The van der Waals surface area contributed by atoms with Gasteiger partial charge in [0.15, 0.2) is 5.65 Å². The number of rotatable bonds is 4. The maximum Gasteiger partial charge on any atom is 0.231 e. The number of aryl methyl sites for hydroxylation is 1. The highest BCUT2D eigenvalue weighted by Crippen LogP contribution is 2.24. The number of hydrogen-bond donors (Lipinski definition) is 1. The molecular formula is C18H20ClN5O2. The Hall–Kier alpha value is -2.54. The van der Waals surface area contributed by atoms with E-state index in [1.54, 1.807) is 12.3 Å². The van der Waals surface area contributed by atoms with E-state index in [1.807, 2.05) is 29.5 Å². The minimum absolute atomic E-state index is 0.0376. The zero-order chi connectivity index (χ0) is 18.1. The molecule has 0 aromatic carbocycles. The summed E-state index contributed by atoms with van der Waals surface area (Å²) in [6.07, 6.45) is 3.58. The molecular weight excluding hydrogens is 354 g/mol. The van der Waals surface area contributed by atoms with Crippen molar-refractivity contribution in [3.63, 3.8) is 0 Å². The molecule has 26 heavy (non-hydrogen) atoms. The Morgan fingerprint density at radius 3 is 3.04 bits per heavy atom. The van der Waals surface area contributed by atoms with Gasteiger partial charge in [0.2, 0.25) is 11.9 Å². The fraction of sp³-hybridized carbons (Fsp3) is 0.389. The zero-order valence-electron chi connectivity index (χ0n) is 14.5. The summed E-state index contributed by atoms with van der Waals surface area (Å²) in [7, 11) is 0. The van der Waals surface area contributed by atoms with Crippen LogP contribution in [-0.2, 0) is 11.3 Å². The molecule has 0 unspecified atom stereocenters. The third-order valence-corrected chi connectivity index (χ3v) is 4.88. The summed E-state index contributed by atoms with van der Waals surface area (Å²) >= 11 is 6.10. The monoisotopic (exact) mass is 373 g/mol. The first-order chi connectivity index (χ1) is 12.6. The average Bonchev–Trinajstić information content (AvgIpc) is 3.25. The van der Waals surface area contributed by atoms with Gasteiger partial charge in [-0.2, -0.15) is 0 Å². The minimum Gasteiger partial charge on any atom is -0.465 e. The van der Waals surface area contributed by atoms with Gasteiger partial charge in [-0.15, -0.1) is 10.2 Å². The molecule has 1 aliphatic rings. The Kier molecular flexibility index (Phi) is 4.55. The Labute approximate surface area is 155 Å². The largest absolute Gasteiger partial charge is 0.465 e. The van der Waals surface area contributed by atoms with Crippen molar-refractivity contribution in [2.75, 3.05) is 18.0 Å². The Morgan fingerprint density at radius 2 is 2.23 bits per heavy atom. The molecule has 0 spiro atoms. The summed E-state index contributed by atoms with van der Waals surface area (Å²) in [6.45, 7) is 3.75. The molecule has 0 aliphatic carbocycles. The number of nitrogens with zero attached hydrogens (tertiary/aromatic N) is 4. The van der Waals surface area contributed by atoms with Crippen LogP contribution in [0.15, 0.2) is 34.9 Å². The van der Waals surface area contributed by atoms with Crippen molar-refractivity contribution in [3.05, 3.63) is 47.0 Å². The van der Waals surface area contributed by atoms with Gasteiger partial charge in [0, 0.05) is 19.3 Å². The van der Waals surface area contributed by atoms with Crippen LogP contribution in [0, 0.1) is 12.8 Å². The van der Waals surface area contributed by atoms with Gasteiger partial charge in [0.25, 0.3) is 0 Å². The van der Waals surface area contributed by atoms with Crippen molar-refractivity contribution in [2.45, 2.75) is 26.3 Å². The van der Waals surface area contributed by atoms with Crippen LogP contribution in [0.25, 0.3) is 5.65 Å². The summed E-state index contributed by atoms with van der Waals surface area (Å²) in [6, 6.07) is 7.40. The molecule has 4 rings (SSSR count). The van der Waals surface area contributed by atoms with E-state index in [1.165, 1.54) is 0 Å². The van der Waals surface area contributed by atoms with Crippen LogP contribution in [-0.4, -0.2) is 33.6 Å². The molecule has 1 fully saturated rings. The molecule has 3 aromatic rings. The lowest BCUT2D eigenvalue weighted by atomic mass is 9.97. The number of hydrogen-bond acceptors (Lipinski definition) is 5. The minimum atomic E-state index is -0.0913. The standard InChI is InChI=1S/C18H20ClN5O2/c1-12-4-6-15(26-12)9-20-17(25)13-3-2-8-23(10-13)18-22-21-16-7-5-14(19)11-24(16)18/h4-7,11,13H,2-3,8-10H2,1H3,(H,20,25)/t13-/m0/s1. The number of carbonyl (C=O) groups is 1. The van der Waals surface area contributed by atoms with Crippen LogP contribution >= 0.6 is 11.6 Å². The normalized spacial score (nSPS) is 17.6. The third-order valence-electron chi connectivity index (χ3n) is 4.66. The van der Waals surface area contributed by atoms with E-state index in [4.69, 9.17) is 16.0 Å². The Morgan fingerprint density at radius 1 is 1.35 bits per heavy atom. The van der Waals surface area contributed by atoms with Gasteiger partial charge in [0.1, 0.15) is 11.5 Å². The molecule has 3 aromatic heterocycles. The average molecular weight is 374 g/mol. The molecule has 136 valence electrons. The number of carbonyl (C=O) groups excluding carboxylic acids is 1. The highest BCUT2D eigenvalue weighted by molar-refractivity contribution is 6.30. The fourth-order valence-electron chi connectivity index (χ4n) is 3.34. The van der Waals surface area contributed by atoms with Crippen LogP contribution in [0.1, 0.15) is 24.4 Å². The Balaban J connectivity index is 1.44. The molecule has 0 radical (unpaired) electrons. The Bertz CT molecular complexity index is 935. The highest BCUT2D eigenvalue weighted by atomic mass is 35.5. The number of piperidine rings is 1. The lowest BCUT2D eigenvalue weighted by Gasteiger charge is -2.31. The number of aromatic nitrogens is 3. The van der Waals surface area contributed by atoms with Crippen molar-refractivity contribution in [2.24, 2.45) is 5.92 Å². The molecule has 1 aliphatic heterocycles. The first-order valence-electron chi connectivity index (χ1n) is 8.68. The number of anilines is 1. The summed E-state index contributed by atoms with van der Waals surface area (Å²) in [4.78, 5) is 14.7. The van der Waals surface area contributed by atoms with E-state index >= 15 is 0 Å². The van der Waals surface area contributed by atoms with Crippen molar-refractivity contribution in [1.29, 1.82) is 0 Å². The van der Waals surface area contributed by atoms with Crippen LogP contribution < -0.4 is 10.2 Å². The summed E-state index contributed by atoms with van der Waals surface area (Å²) in [5, 5.41) is 12.1. The summed E-state index contributed by atoms with van der Waals surface area (Å²) < 4.78 is 7.37. The zero-order valence-corrected chi connectivity index (χ0v) is 15.2. The predicted molar refractivity (Wildman–Crippen MR) is 98.2 cm³/mol. The summed E-state index contributed by atoms with van der Waals surface area (Å²) in [5.41, 5.74) is 0.740. The SMILES string of the molecule is Cc1ccc(CNC(=O)[C@H]2CCCN(c3nnc4ccc(Cl)cn34)C2)o1. The van der Waals surface area contributed by atoms with Crippen LogP contribution in [0.3, 0.4) is 0 Å². The number of nitrogens with one attached hydrogen (secondary N) is 1. The first-order valence-corrected chi connectivity index (χ1v) is 9.06. The maximum absolute atomic E-state index is 12.6. The number of amides is 1. The quantitative estimate of drug-likeness (QED) is 0.761. The van der Waals surface area contributed by atoms with E-state index in [2.05, 4.69) is 20.4 Å². The second kappa shape index (κ2) is 6.99. The second-order valence-corrected chi connectivity index (χ2v) is 7.03. The number of halogens is 1. The lowest BCUT2D eigenvalue weighted by molar-refractivity contribution is -0.125. The molecule has 1 amide bonds. The topological polar surface area (TPSA) is 75.7 Å². The van der Waals surface area contributed by atoms with E-state index < -0.39 is 0 Å². The molecule has 4 heterocycles. The van der Waals surface area contributed by atoms with E-state index in [9.17, 15) is 4.79 Å². The van der Waals surface area contributed by atoms with Crippen LogP contribution in [0.5, 0.6) is 0 Å².